The molecule has 0 radical (unpaired) electrons. The van der Waals surface area contributed by atoms with Crippen LogP contribution in [0.3, 0.4) is 0 Å². The minimum atomic E-state index is -4.22. The van der Waals surface area contributed by atoms with Crippen molar-refractivity contribution in [1.29, 1.82) is 0 Å². The smallest absolute Gasteiger partial charge is 0.264 e. The number of nitrogens with zero attached hydrogens (tertiary/aromatic N) is 2. The molecule has 11 heteroatoms. The highest BCUT2D eigenvalue weighted by atomic mass is 35.5. The molecule has 1 N–H and O–H groups in total. The maximum atomic E-state index is 14.2. The third kappa shape index (κ3) is 8.18. The molecule has 0 saturated carbocycles. The van der Waals surface area contributed by atoms with Gasteiger partial charge in [-0.15, -0.1) is 0 Å². The molecular weight excluding hydrogens is 597 g/mol. The van der Waals surface area contributed by atoms with Gasteiger partial charge in [-0.3, -0.25) is 13.9 Å². The molecule has 0 fully saturated rings. The molecule has 8 nitrogen and oxygen atoms in total. The number of carbonyl (C=O) groups excluding carboxylic acids is 2. The molecule has 0 aliphatic heterocycles. The van der Waals surface area contributed by atoms with Gasteiger partial charge in [0.05, 0.1) is 17.7 Å². The summed E-state index contributed by atoms with van der Waals surface area (Å²) in [6.07, 6.45) is 0.263. The SMILES string of the molecule is CCC(C(=O)NC(C)(C)C)N(Cc1c(Cl)cccc1Cl)C(=O)CN(c1cccc(OC)c1)S(=O)(=O)c1ccc(C)cc1. The monoisotopic (exact) mass is 633 g/mol. The highest BCUT2D eigenvalue weighted by Crippen LogP contribution is 2.30. The van der Waals surface area contributed by atoms with E-state index in [0.717, 1.165) is 9.87 Å². The van der Waals surface area contributed by atoms with Gasteiger partial charge in [-0.25, -0.2) is 8.42 Å². The molecule has 42 heavy (non-hydrogen) atoms. The van der Waals surface area contributed by atoms with E-state index in [4.69, 9.17) is 27.9 Å². The van der Waals surface area contributed by atoms with E-state index in [9.17, 15) is 18.0 Å². The van der Waals surface area contributed by atoms with Crippen LogP contribution >= 0.6 is 23.2 Å². The summed E-state index contributed by atoms with van der Waals surface area (Å²) >= 11 is 12.9. The summed E-state index contributed by atoms with van der Waals surface area (Å²) in [7, 11) is -2.75. The van der Waals surface area contributed by atoms with Crippen molar-refractivity contribution >= 4 is 50.7 Å². The van der Waals surface area contributed by atoms with Gasteiger partial charge in [0.25, 0.3) is 10.0 Å². The second-order valence-electron chi connectivity index (χ2n) is 10.9. The summed E-state index contributed by atoms with van der Waals surface area (Å²) in [5.74, 6) is -0.573. The maximum Gasteiger partial charge on any atom is 0.264 e. The lowest BCUT2D eigenvalue weighted by Gasteiger charge is -2.35. The Balaban J connectivity index is 2.13. The fourth-order valence-electron chi connectivity index (χ4n) is 4.36. The first-order valence-electron chi connectivity index (χ1n) is 13.5. The van der Waals surface area contributed by atoms with E-state index in [2.05, 4.69) is 5.32 Å². The quantitative estimate of drug-likeness (QED) is 0.270. The fourth-order valence-corrected chi connectivity index (χ4v) is 6.28. The minimum Gasteiger partial charge on any atom is -0.497 e. The van der Waals surface area contributed by atoms with Crippen LogP contribution < -0.4 is 14.4 Å². The Kier molecular flexibility index (Phi) is 10.9. The summed E-state index contributed by atoms with van der Waals surface area (Å²) in [6.45, 7) is 8.46. The lowest BCUT2D eigenvalue weighted by Crippen LogP contribution is -2.55. The average Bonchev–Trinajstić information content (AvgIpc) is 2.92. The molecule has 0 heterocycles. The molecule has 0 aliphatic carbocycles. The molecule has 0 aliphatic rings. The summed E-state index contributed by atoms with van der Waals surface area (Å²) in [5.41, 5.74) is 0.996. The first-order valence-corrected chi connectivity index (χ1v) is 15.7. The number of aryl methyl sites for hydroxylation is 1. The lowest BCUT2D eigenvalue weighted by molar-refractivity contribution is -0.141. The highest BCUT2D eigenvalue weighted by Gasteiger charge is 2.35. The number of methoxy groups -OCH3 is 1. The molecule has 2 amide bonds. The number of benzene rings is 3. The van der Waals surface area contributed by atoms with Crippen molar-refractivity contribution < 1.29 is 22.7 Å². The van der Waals surface area contributed by atoms with E-state index in [-0.39, 0.29) is 29.5 Å². The minimum absolute atomic E-state index is 0.0157. The molecular formula is C31H37Cl2N3O5S. The number of rotatable bonds is 11. The Morgan fingerprint density at radius 1 is 0.976 bits per heavy atom. The Labute approximate surface area is 258 Å². The Morgan fingerprint density at radius 2 is 1.57 bits per heavy atom. The first kappa shape index (κ1) is 33.2. The van der Waals surface area contributed by atoms with Gasteiger partial charge in [-0.05, 0) is 70.5 Å². The zero-order valence-electron chi connectivity index (χ0n) is 24.6. The number of halogens is 2. The van der Waals surface area contributed by atoms with E-state index in [1.807, 2.05) is 27.7 Å². The largest absolute Gasteiger partial charge is 0.497 e. The van der Waals surface area contributed by atoms with Crippen LogP contribution in [-0.2, 0) is 26.2 Å². The molecule has 1 atom stereocenters. The van der Waals surface area contributed by atoms with Crippen LogP contribution in [0, 0.1) is 6.92 Å². The van der Waals surface area contributed by atoms with Gasteiger partial charge in [-0.2, -0.15) is 0 Å². The number of hydrogen-bond donors (Lipinski definition) is 1. The van der Waals surface area contributed by atoms with Crippen LogP contribution in [0.15, 0.2) is 71.6 Å². The predicted octanol–water partition coefficient (Wildman–Crippen LogP) is 6.23. The van der Waals surface area contributed by atoms with Gasteiger partial charge in [0.2, 0.25) is 11.8 Å². The number of anilines is 1. The van der Waals surface area contributed by atoms with E-state index in [1.54, 1.807) is 55.5 Å². The van der Waals surface area contributed by atoms with Crippen LogP contribution in [0.4, 0.5) is 5.69 Å². The Morgan fingerprint density at radius 3 is 2.12 bits per heavy atom. The zero-order chi connectivity index (χ0) is 31.2. The van der Waals surface area contributed by atoms with Crippen LogP contribution in [0.25, 0.3) is 0 Å². The second-order valence-corrected chi connectivity index (χ2v) is 13.6. The van der Waals surface area contributed by atoms with Crippen molar-refractivity contribution in [2.75, 3.05) is 18.0 Å². The molecule has 0 bridgehead atoms. The summed E-state index contributed by atoms with van der Waals surface area (Å²) in [5, 5.41) is 3.58. The Hall–Kier alpha value is -3.27. The predicted molar refractivity (Wildman–Crippen MR) is 168 cm³/mol. The van der Waals surface area contributed by atoms with Crippen LogP contribution in [-0.4, -0.2) is 50.4 Å². The Bertz CT molecular complexity index is 1500. The van der Waals surface area contributed by atoms with E-state index < -0.39 is 34.1 Å². The van der Waals surface area contributed by atoms with Gasteiger partial charge in [-0.1, -0.05) is 60.0 Å². The van der Waals surface area contributed by atoms with Gasteiger partial charge >= 0.3 is 0 Å². The van der Waals surface area contributed by atoms with Gasteiger partial charge in [0.1, 0.15) is 18.3 Å². The normalized spacial score (nSPS) is 12.4. The lowest BCUT2D eigenvalue weighted by atomic mass is 10.1. The van der Waals surface area contributed by atoms with Crippen molar-refractivity contribution in [2.45, 2.75) is 64.1 Å². The number of sulfonamides is 1. The summed E-state index contributed by atoms with van der Waals surface area (Å²) in [6, 6.07) is 16.9. The maximum absolute atomic E-state index is 14.2. The van der Waals surface area contributed by atoms with Crippen molar-refractivity contribution in [3.63, 3.8) is 0 Å². The summed E-state index contributed by atoms with van der Waals surface area (Å²) in [4.78, 5) is 29.1. The first-order chi connectivity index (χ1) is 19.7. The van der Waals surface area contributed by atoms with E-state index in [0.29, 0.717) is 21.4 Å². The molecule has 3 aromatic rings. The van der Waals surface area contributed by atoms with Gasteiger partial charge < -0.3 is 15.0 Å². The van der Waals surface area contributed by atoms with E-state index in [1.165, 1.54) is 30.2 Å². The third-order valence-corrected chi connectivity index (χ3v) is 9.00. The average molecular weight is 635 g/mol. The van der Waals surface area contributed by atoms with E-state index >= 15 is 0 Å². The van der Waals surface area contributed by atoms with Crippen LogP contribution in [0.5, 0.6) is 5.75 Å². The number of amides is 2. The highest BCUT2D eigenvalue weighted by molar-refractivity contribution is 7.92. The standard InChI is InChI=1S/C31H37Cl2N3O5S/c1-7-28(30(38)34-31(3,4)5)35(19-25-26(32)12-9-13-27(25)33)29(37)20-36(22-10-8-11-23(18-22)41-6)42(39,40)24-16-14-21(2)15-17-24/h8-18,28H,7,19-20H2,1-6H3,(H,34,38). The molecule has 226 valence electrons. The van der Waals surface area contributed by atoms with Crippen LogP contribution in [0.2, 0.25) is 10.0 Å². The van der Waals surface area contributed by atoms with Crippen molar-refractivity contribution in [3.8, 4) is 5.75 Å². The van der Waals surface area contributed by atoms with Crippen molar-refractivity contribution in [3.05, 3.63) is 87.9 Å². The topological polar surface area (TPSA) is 96.0 Å². The number of ether oxygens (including phenoxy) is 1. The third-order valence-electron chi connectivity index (χ3n) is 6.50. The fraction of sp³-hybridized carbons (Fsp3) is 0.355. The molecule has 0 spiro atoms. The molecule has 3 aromatic carbocycles. The number of hydrogen-bond acceptors (Lipinski definition) is 5. The summed E-state index contributed by atoms with van der Waals surface area (Å²) < 4.78 is 34.4. The van der Waals surface area contributed by atoms with Crippen molar-refractivity contribution in [1.82, 2.24) is 10.2 Å². The molecule has 1 unspecified atom stereocenters. The van der Waals surface area contributed by atoms with Crippen molar-refractivity contribution in [2.24, 2.45) is 0 Å². The second kappa shape index (κ2) is 13.8. The van der Waals surface area contributed by atoms with Crippen LogP contribution in [0.1, 0.15) is 45.2 Å². The molecule has 3 rings (SSSR count). The number of nitrogens with one attached hydrogen (secondary N) is 1. The zero-order valence-corrected chi connectivity index (χ0v) is 27.0. The molecule has 0 saturated heterocycles. The van der Waals surface area contributed by atoms with Gasteiger partial charge in [0, 0.05) is 33.8 Å². The van der Waals surface area contributed by atoms with Gasteiger partial charge in [0.15, 0.2) is 0 Å². The number of carbonyl (C=O) groups is 2. The molecule has 0 aromatic heterocycles.